The molecule has 0 saturated carbocycles. The van der Waals surface area contributed by atoms with E-state index in [1.165, 1.54) is 0 Å². The van der Waals surface area contributed by atoms with E-state index in [0.29, 0.717) is 22.1 Å². The maximum Gasteiger partial charge on any atom is 0.343 e. The minimum Gasteiger partial charge on any atom is -0.423 e. The second kappa shape index (κ2) is 6.68. The molecule has 2 aromatic rings. The molecule has 0 aromatic heterocycles. The fraction of sp³-hybridized carbons (Fsp3) is 0.133. The van der Waals surface area contributed by atoms with E-state index in [1.807, 2.05) is 6.07 Å². The maximum atomic E-state index is 12.0. The molecule has 1 atom stereocenters. The lowest BCUT2D eigenvalue weighted by molar-refractivity contribution is 0.0734. The first-order valence-electron chi connectivity index (χ1n) is 5.91. The first-order chi connectivity index (χ1) is 9.54. The van der Waals surface area contributed by atoms with Crippen LogP contribution in [0.3, 0.4) is 0 Å². The number of esters is 1. The van der Waals surface area contributed by atoms with Gasteiger partial charge >= 0.3 is 5.97 Å². The second-order valence-electron chi connectivity index (χ2n) is 4.26. The summed E-state index contributed by atoms with van der Waals surface area (Å²) in [5.41, 5.74) is 1.28. The van der Waals surface area contributed by atoms with E-state index in [9.17, 15) is 9.00 Å². The van der Waals surface area contributed by atoms with Crippen molar-refractivity contribution in [2.24, 2.45) is 0 Å². The smallest absolute Gasteiger partial charge is 0.343 e. The summed E-state index contributed by atoms with van der Waals surface area (Å²) in [7, 11) is -0.945. The van der Waals surface area contributed by atoms with E-state index in [0.717, 1.165) is 5.56 Å². The number of halogens is 1. The molecule has 0 heterocycles. The zero-order valence-electron chi connectivity index (χ0n) is 10.8. The zero-order valence-corrected chi connectivity index (χ0v) is 12.4. The standard InChI is InChI=1S/C15H13ClO3S/c1-20(18)10-11-3-2-4-12(9-11)15(17)19-14-7-5-13(16)6-8-14/h2-9H,10H2,1H3. The van der Waals surface area contributed by atoms with Crippen LogP contribution < -0.4 is 4.74 Å². The van der Waals surface area contributed by atoms with Crippen molar-refractivity contribution < 1.29 is 13.7 Å². The van der Waals surface area contributed by atoms with Gasteiger partial charge in [0.05, 0.1) is 5.56 Å². The van der Waals surface area contributed by atoms with E-state index in [-0.39, 0.29) is 0 Å². The Morgan fingerprint density at radius 2 is 1.90 bits per heavy atom. The van der Waals surface area contributed by atoms with Gasteiger partial charge in [-0.15, -0.1) is 0 Å². The molecule has 104 valence electrons. The first-order valence-corrected chi connectivity index (χ1v) is 8.02. The molecule has 0 aliphatic rings. The van der Waals surface area contributed by atoms with Crippen LogP contribution in [-0.4, -0.2) is 16.4 Å². The Morgan fingerprint density at radius 1 is 1.20 bits per heavy atom. The van der Waals surface area contributed by atoms with Crippen molar-refractivity contribution in [3.8, 4) is 5.75 Å². The van der Waals surface area contributed by atoms with Crippen LogP contribution in [0.25, 0.3) is 0 Å². The highest BCUT2D eigenvalue weighted by Gasteiger charge is 2.09. The fourth-order valence-corrected chi connectivity index (χ4v) is 2.47. The third-order valence-corrected chi connectivity index (χ3v) is 3.55. The molecule has 0 spiro atoms. The summed E-state index contributed by atoms with van der Waals surface area (Å²) in [6.07, 6.45) is 1.62. The molecule has 0 N–H and O–H groups in total. The molecule has 1 unspecified atom stereocenters. The van der Waals surface area contributed by atoms with Gasteiger partial charge in [0.2, 0.25) is 0 Å². The van der Waals surface area contributed by atoms with Crippen LogP contribution in [0.5, 0.6) is 5.75 Å². The minimum absolute atomic E-state index is 0.419. The third-order valence-electron chi connectivity index (χ3n) is 2.56. The molecule has 2 aromatic carbocycles. The van der Waals surface area contributed by atoms with Gasteiger partial charge in [-0.25, -0.2) is 4.79 Å². The number of benzene rings is 2. The summed E-state index contributed by atoms with van der Waals surface area (Å²) in [5.74, 6) is 0.405. The zero-order chi connectivity index (χ0) is 14.5. The van der Waals surface area contributed by atoms with Crippen molar-refractivity contribution in [2.75, 3.05) is 6.26 Å². The monoisotopic (exact) mass is 308 g/mol. The molecule has 20 heavy (non-hydrogen) atoms. The fourth-order valence-electron chi connectivity index (χ4n) is 1.69. The lowest BCUT2D eigenvalue weighted by Crippen LogP contribution is -2.09. The van der Waals surface area contributed by atoms with Gasteiger partial charge in [-0.3, -0.25) is 4.21 Å². The van der Waals surface area contributed by atoms with Crippen molar-refractivity contribution >= 4 is 28.4 Å². The number of carbonyl (C=O) groups excluding carboxylic acids is 1. The molecule has 0 amide bonds. The van der Waals surface area contributed by atoms with Gasteiger partial charge < -0.3 is 4.74 Å². The topological polar surface area (TPSA) is 43.4 Å². The maximum absolute atomic E-state index is 12.0. The van der Waals surface area contributed by atoms with Crippen LogP contribution in [0.2, 0.25) is 5.02 Å². The van der Waals surface area contributed by atoms with Crippen molar-refractivity contribution in [1.29, 1.82) is 0 Å². The summed E-state index contributed by atoms with van der Waals surface area (Å²) in [5, 5.41) is 0.581. The second-order valence-corrected chi connectivity index (χ2v) is 6.13. The van der Waals surface area contributed by atoms with Gasteiger partial charge in [-0.1, -0.05) is 23.7 Å². The van der Waals surface area contributed by atoms with Gasteiger partial charge in [0, 0.05) is 27.8 Å². The number of ether oxygens (including phenoxy) is 1. The molecule has 0 radical (unpaired) electrons. The molecule has 0 aliphatic heterocycles. The highest BCUT2D eigenvalue weighted by atomic mass is 35.5. The van der Waals surface area contributed by atoms with Crippen LogP contribution in [0.4, 0.5) is 0 Å². The van der Waals surface area contributed by atoms with Crippen molar-refractivity contribution in [3.63, 3.8) is 0 Å². The number of hydrogen-bond donors (Lipinski definition) is 0. The molecule has 0 bridgehead atoms. The number of carbonyl (C=O) groups is 1. The van der Waals surface area contributed by atoms with Crippen molar-refractivity contribution in [2.45, 2.75) is 5.75 Å². The summed E-state index contributed by atoms with van der Waals surface area (Å²) < 4.78 is 16.4. The lowest BCUT2D eigenvalue weighted by Gasteiger charge is -2.06. The molecule has 0 aliphatic carbocycles. The molecule has 2 rings (SSSR count). The normalized spacial score (nSPS) is 11.9. The average molecular weight is 309 g/mol. The lowest BCUT2D eigenvalue weighted by atomic mass is 10.1. The van der Waals surface area contributed by atoms with Gasteiger partial charge in [0.1, 0.15) is 5.75 Å². The summed E-state index contributed by atoms with van der Waals surface area (Å²) in [6, 6.07) is 13.5. The highest BCUT2D eigenvalue weighted by molar-refractivity contribution is 7.83. The highest BCUT2D eigenvalue weighted by Crippen LogP contribution is 2.17. The van der Waals surface area contributed by atoms with Crippen molar-refractivity contribution in [3.05, 3.63) is 64.7 Å². The predicted octanol–water partition coefficient (Wildman–Crippen LogP) is 3.44. The van der Waals surface area contributed by atoms with E-state index in [1.54, 1.807) is 48.7 Å². The predicted molar refractivity (Wildman–Crippen MR) is 80.6 cm³/mol. The Balaban J connectivity index is 2.12. The van der Waals surface area contributed by atoms with E-state index < -0.39 is 16.8 Å². The molecular weight excluding hydrogens is 296 g/mol. The Hall–Kier alpha value is -1.65. The van der Waals surface area contributed by atoms with Gasteiger partial charge in [0.25, 0.3) is 0 Å². The average Bonchev–Trinajstić information content (AvgIpc) is 2.41. The SMILES string of the molecule is CS(=O)Cc1cccc(C(=O)Oc2ccc(Cl)cc2)c1. The van der Waals surface area contributed by atoms with Crippen LogP contribution in [0.15, 0.2) is 48.5 Å². The van der Waals surface area contributed by atoms with Gasteiger partial charge in [0.15, 0.2) is 0 Å². The Bertz CT molecular complexity index is 638. The molecular formula is C15H13ClO3S. The Morgan fingerprint density at radius 3 is 2.55 bits per heavy atom. The van der Waals surface area contributed by atoms with E-state index in [2.05, 4.69) is 0 Å². The van der Waals surface area contributed by atoms with Gasteiger partial charge in [-0.05, 0) is 42.0 Å². The number of rotatable bonds is 4. The first kappa shape index (κ1) is 14.8. The Labute approximate surface area is 125 Å². The molecule has 3 nitrogen and oxygen atoms in total. The van der Waals surface area contributed by atoms with Crippen molar-refractivity contribution in [1.82, 2.24) is 0 Å². The molecule has 0 saturated heterocycles. The van der Waals surface area contributed by atoms with E-state index in [4.69, 9.17) is 16.3 Å². The van der Waals surface area contributed by atoms with Crippen LogP contribution >= 0.6 is 11.6 Å². The van der Waals surface area contributed by atoms with Crippen LogP contribution in [-0.2, 0) is 16.6 Å². The van der Waals surface area contributed by atoms with Gasteiger partial charge in [-0.2, -0.15) is 0 Å². The third kappa shape index (κ3) is 4.18. The quantitative estimate of drug-likeness (QED) is 0.642. The summed E-state index contributed by atoms with van der Waals surface area (Å²) in [4.78, 5) is 12.0. The van der Waals surface area contributed by atoms with E-state index >= 15 is 0 Å². The largest absolute Gasteiger partial charge is 0.423 e. The Kier molecular flexibility index (Phi) is 4.93. The minimum atomic E-state index is -0.945. The van der Waals surface area contributed by atoms with Crippen LogP contribution in [0.1, 0.15) is 15.9 Å². The molecule has 0 fully saturated rings. The summed E-state index contributed by atoms with van der Waals surface area (Å²) in [6.45, 7) is 0. The number of hydrogen-bond acceptors (Lipinski definition) is 3. The van der Waals surface area contributed by atoms with Crippen LogP contribution in [0, 0.1) is 0 Å². The molecule has 5 heteroatoms. The summed E-state index contributed by atoms with van der Waals surface area (Å²) >= 11 is 5.77.